The molecule has 0 aliphatic carbocycles. The molecule has 0 fully saturated rings. The molecule has 0 spiro atoms. The number of rotatable bonds is 6. The highest BCUT2D eigenvalue weighted by Crippen LogP contribution is 2.32. The van der Waals surface area contributed by atoms with Crippen molar-refractivity contribution in [1.82, 2.24) is 24.9 Å². The maximum absolute atomic E-state index is 5.50. The Balaban J connectivity index is 1.59. The highest BCUT2D eigenvalue weighted by atomic mass is 16.5. The van der Waals surface area contributed by atoms with E-state index < -0.39 is 0 Å². The van der Waals surface area contributed by atoms with Gasteiger partial charge in [0.2, 0.25) is 0 Å². The molecule has 0 saturated heterocycles. The number of hydrogen-bond donors (Lipinski definition) is 0. The summed E-state index contributed by atoms with van der Waals surface area (Å²) in [5.41, 5.74) is 6.09. The van der Waals surface area contributed by atoms with Crippen LogP contribution in [0.1, 0.15) is 11.5 Å². The number of benzene rings is 2. The molecule has 0 unspecified atom stereocenters. The van der Waals surface area contributed by atoms with Crippen LogP contribution in [-0.4, -0.2) is 32.0 Å². The van der Waals surface area contributed by atoms with Gasteiger partial charge in [0.1, 0.15) is 5.75 Å². The van der Waals surface area contributed by atoms with Crippen LogP contribution in [0.25, 0.3) is 22.3 Å². The van der Waals surface area contributed by atoms with Crippen LogP contribution in [0, 0.1) is 6.92 Å². The number of ether oxygens (including phenoxy) is 1. The van der Waals surface area contributed by atoms with Crippen molar-refractivity contribution in [3.8, 4) is 17.0 Å². The molecule has 0 aliphatic rings. The van der Waals surface area contributed by atoms with Gasteiger partial charge in [-0.1, -0.05) is 11.2 Å². The predicted molar refractivity (Wildman–Crippen MR) is 122 cm³/mol. The smallest absolute Gasteiger partial charge is 0.156 e. The molecule has 0 bridgehead atoms. The summed E-state index contributed by atoms with van der Waals surface area (Å²) in [6.45, 7) is 2.42. The quantitative estimate of drug-likeness (QED) is 0.390. The fourth-order valence-electron chi connectivity index (χ4n) is 3.62. The Bertz CT molecular complexity index is 1390. The fraction of sp³-hybridized carbons (Fsp3) is 0.167. The summed E-state index contributed by atoms with van der Waals surface area (Å²) in [5.74, 6) is 1.54. The van der Waals surface area contributed by atoms with Gasteiger partial charge in [-0.25, -0.2) is 4.98 Å². The number of hydrogen-bond acceptors (Lipinski definition) is 7. The van der Waals surface area contributed by atoms with Crippen LogP contribution in [0.5, 0.6) is 5.75 Å². The van der Waals surface area contributed by atoms with Crippen LogP contribution in [0.2, 0.25) is 0 Å². The molecule has 0 atom stereocenters. The Kier molecular flexibility index (Phi) is 5.03. The van der Waals surface area contributed by atoms with Crippen molar-refractivity contribution < 1.29 is 9.26 Å². The largest absolute Gasteiger partial charge is 0.497 e. The molecule has 0 radical (unpaired) electrons. The molecule has 0 aliphatic heterocycles. The second-order valence-corrected chi connectivity index (χ2v) is 7.55. The predicted octanol–water partition coefficient (Wildman–Crippen LogP) is 4.67. The Morgan fingerprint density at radius 3 is 2.66 bits per heavy atom. The molecule has 32 heavy (non-hydrogen) atoms. The minimum atomic E-state index is 0.509. The van der Waals surface area contributed by atoms with E-state index in [1.54, 1.807) is 24.2 Å². The monoisotopic (exact) mass is 426 g/mol. The van der Waals surface area contributed by atoms with Crippen molar-refractivity contribution in [1.29, 1.82) is 0 Å². The summed E-state index contributed by atoms with van der Waals surface area (Å²) < 4.78 is 12.7. The van der Waals surface area contributed by atoms with Gasteiger partial charge in [0.25, 0.3) is 0 Å². The van der Waals surface area contributed by atoms with Crippen LogP contribution in [0.15, 0.2) is 71.6 Å². The Morgan fingerprint density at radius 1 is 1.03 bits per heavy atom. The lowest BCUT2D eigenvalue weighted by Crippen LogP contribution is -2.16. The number of aryl methyl sites for hydroxylation is 2. The number of fused-ring (bicyclic) bond motifs is 1. The van der Waals surface area contributed by atoms with Crippen molar-refractivity contribution >= 4 is 22.4 Å². The zero-order chi connectivity index (χ0) is 22.1. The van der Waals surface area contributed by atoms with Crippen LogP contribution in [-0.2, 0) is 13.6 Å². The Hall–Kier alpha value is -4.20. The first kappa shape index (κ1) is 19.7. The van der Waals surface area contributed by atoms with Crippen LogP contribution in [0.3, 0.4) is 0 Å². The van der Waals surface area contributed by atoms with Gasteiger partial charge in [-0.3, -0.25) is 9.67 Å². The highest BCUT2D eigenvalue weighted by Gasteiger charge is 2.15. The van der Waals surface area contributed by atoms with Crippen molar-refractivity contribution in [2.75, 3.05) is 12.0 Å². The molecule has 5 rings (SSSR count). The van der Waals surface area contributed by atoms with Gasteiger partial charge in [0.15, 0.2) is 5.76 Å². The highest BCUT2D eigenvalue weighted by molar-refractivity contribution is 5.82. The first-order chi connectivity index (χ1) is 15.6. The summed E-state index contributed by atoms with van der Waals surface area (Å²) >= 11 is 0. The minimum absolute atomic E-state index is 0.509. The molecule has 8 nitrogen and oxygen atoms in total. The van der Waals surface area contributed by atoms with Crippen molar-refractivity contribution in [3.05, 3.63) is 78.6 Å². The van der Waals surface area contributed by atoms with E-state index >= 15 is 0 Å². The number of nitrogens with zero attached hydrogens (tertiary/aromatic N) is 6. The average molecular weight is 426 g/mol. The third-order valence-corrected chi connectivity index (χ3v) is 5.19. The van der Waals surface area contributed by atoms with Crippen LogP contribution < -0.4 is 9.64 Å². The van der Waals surface area contributed by atoms with E-state index in [0.717, 1.165) is 50.9 Å². The van der Waals surface area contributed by atoms with E-state index in [4.69, 9.17) is 14.2 Å². The van der Waals surface area contributed by atoms with Gasteiger partial charge in [0, 0.05) is 42.3 Å². The van der Waals surface area contributed by atoms with E-state index in [1.165, 1.54) is 0 Å². The second-order valence-electron chi connectivity index (χ2n) is 7.55. The summed E-state index contributed by atoms with van der Waals surface area (Å²) in [5, 5.41) is 8.27. The molecule has 0 saturated carbocycles. The molecular weight excluding hydrogens is 404 g/mol. The molecule has 2 aromatic carbocycles. The second kappa shape index (κ2) is 8.14. The Labute approximate surface area is 185 Å². The zero-order valence-corrected chi connectivity index (χ0v) is 18.1. The van der Waals surface area contributed by atoms with Crippen LogP contribution >= 0.6 is 0 Å². The molecule has 0 N–H and O–H groups in total. The Morgan fingerprint density at radius 2 is 1.91 bits per heavy atom. The van der Waals surface area contributed by atoms with E-state index in [9.17, 15) is 0 Å². The topological polar surface area (TPSA) is 82.1 Å². The molecule has 5 aromatic rings. The fourth-order valence-corrected chi connectivity index (χ4v) is 3.62. The maximum atomic E-state index is 5.50. The van der Waals surface area contributed by atoms with Gasteiger partial charge in [-0.05, 0) is 37.3 Å². The van der Waals surface area contributed by atoms with E-state index in [-0.39, 0.29) is 0 Å². The molecule has 3 aromatic heterocycles. The third-order valence-electron chi connectivity index (χ3n) is 5.19. The molecule has 3 heterocycles. The van der Waals surface area contributed by atoms with Crippen molar-refractivity contribution in [2.45, 2.75) is 13.5 Å². The van der Waals surface area contributed by atoms with Crippen LogP contribution in [0.4, 0.5) is 11.4 Å². The SMILES string of the molecule is COc1cccc(N(Cc2cc(C)no2)c2ccc3ncc(-c4cnn(C)c4)nc3c2)c1. The molecule has 0 amide bonds. The van der Waals surface area contributed by atoms with Crippen molar-refractivity contribution in [2.24, 2.45) is 7.05 Å². The van der Waals surface area contributed by atoms with Crippen molar-refractivity contribution in [3.63, 3.8) is 0 Å². The summed E-state index contributed by atoms with van der Waals surface area (Å²) in [6, 6.07) is 15.9. The van der Waals surface area contributed by atoms with Gasteiger partial charge >= 0.3 is 0 Å². The van der Waals surface area contributed by atoms with Gasteiger partial charge < -0.3 is 14.2 Å². The average Bonchev–Trinajstić information content (AvgIpc) is 3.44. The maximum Gasteiger partial charge on any atom is 0.156 e. The molecule has 160 valence electrons. The van der Waals surface area contributed by atoms with E-state index in [1.807, 2.05) is 68.7 Å². The van der Waals surface area contributed by atoms with E-state index in [0.29, 0.717) is 6.54 Å². The van der Waals surface area contributed by atoms with Gasteiger partial charge in [-0.2, -0.15) is 5.10 Å². The minimum Gasteiger partial charge on any atom is -0.497 e. The third kappa shape index (κ3) is 3.90. The number of aromatic nitrogens is 5. The lowest BCUT2D eigenvalue weighted by molar-refractivity contribution is 0.380. The number of methoxy groups -OCH3 is 1. The van der Waals surface area contributed by atoms with Gasteiger partial charge in [-0.15, -0.1) is 0 Å². The first-order valence-electron chi connectivity index (χ1n) is 10.2. The lowest BCUT2D eigenvalue weighted by atomic mass is 10.2. The molecular formula is C24H22N6O2. The standard InChI is InChI=1S/C24H22N6O2/c1-16-9-21(32-28-16)15-30(18-5-4-6-20(10-18)31-3)19-7-8-22-23(11-19)27-24(13-25-22)17-12-26-29(2)14-17/h4-14H,15H2,1-3H3. The normalized spacial score (nSPS) is 11.1. The van der Waals surface area contributed by atoms with Gasteiger partial charge in [0.05, 0.1) is 48.5 Å². The lowest BCUT2D eigenvalue weighted by Gasteiger charge is -2.24. The van der Waals surface area contributed by atoms with E-state index in [2.05, 4.69) is 20.1 Å². The zero-order valence-electron chi connectivity index (χ0n) is 18.1. The number of anilines is 2. The molecule has 8 heteroatoms. The first-order valence-corrected chi connectivity index (χ1v) is 10.2. The summed E-state index contributed by atoms with van der Waals surface area (Å²) in [7, 11) is 3.54. The summed E-state index contributed by atoms with van der Waals surface area (Å²) in [6.07, 6.45) is 5.49. The summed E-state index contributed by atoms with van der Waals surface area (Å²) in [4.78, 5) is 11.6.